The second kappa shape index (κ2) is 15.5. The van der Waals surface area contributed by atoms with Crippen LogP contribution in [0, 0.1) is 13.8 Å². The smallest absolute Gasteiger partial charge is 0.338 e. The molecule has 0 radical (unpaired) electrons. The quantitative estimate of drug-likeness (QED) is 0.127. The second-order valence-corrected chi connectivity index (χ2v) is 14.4. The maximum Gasteiger partial charge on any atom is 0.338 e. The van der Waals surface area contributed by atoms with E-state index in [0.717, 1.165) is 28.2 Å². The average Bonchev–Trinajstić information content (AvgIpc) is 3.56. The van der Waals surface area contributed by atoms with Crippen molar-refractivity contribution in [3.05, 3.63) is 136 Å². The van der Waals surface area contributed by atoms with E-state index in [-0.39, 0.29) is 18.3 Å². The number of hydrogen-bond donors (Lipinski definition) is 0. The highest BCUT2D eigenvalue weighted by Crippen LogP contribution is 2.37. The molecule has 3 heterocycles. The number of esters is 1. The first kappa shape index (κ1) is 37.0. The Morgan fingerprint density at radius 1 is 1.00 bits per heavy atom. The molecule has 1 aliphatic heterocycles. The van der Waals surface area contributed by atoms with Crippen LogP contribution in [0.5, 0.6) is 17.2 Å². The van der Waals surface area contributed by atoms with E-state index in [2.05, 4.69) is 4.57 Å². The summed E-state index contributed by atoms with van der Waals surface area (Å²) in [6.07, 6.45) is 1.81. The molecule has 1 aliphatic rings. The molecular weight excluding hydrogens is 721 g/mol. The van der Waals surface area contributed by atoms with Gasteiger partial charge in [-0.2, -0.15) is 0 Å². The normalized spacial score (nSPS) is 14.3. The van der Waals surface area contributed by atoms with Crippen LogP contribution in [0.1, 0.15) is 61.8 Å². The highest BCUT2D eigenvalue weighted by Gasteiger charge is 2.34. The first-order chi connectivity index (χ1) is 24.9. The number of methoxy groups -OCH3 is 1. The first-order valence-corrected chi connectivity index (χ1v) is 18.4. The fourth-order valence-electron chi connectivity index (χ4n) is 6.28. The summed E-state index contributed by atoms with van der Waals surface area (Å²) < 4.78 is 27.2. The SMILES string of the molecule is CCOC(=O)C1=C(C)N=c2s/c(=C/c3cc(C)n(-c4ccc(OCc5ccc(Cl)cc5Cl)cc4)c3C)c(=O)n2[C@@H]1c1ccc(OC(C)C)c(OC)c1. The van der Waals surface area contributed by atoms with Gasteiger partial charge in [0.1, 0.15) is 12.4 Å². The van der Waals surface area contributed by atoms with E-state index >= 15 is 0 Å². The number of carbonyl (C=O) groups is 1. The third-order valence-electron chi connectivity index (χ3n) is 8.64. The average molecular weight is 761 g/mol. The number of halogens is 2. The zero-order chi connectivity index (χ0) is 37.3. The predicted molar refractivity (Wildman–Crippen MR) is 205 cm³/mol. The van der Waals surface area contributed by atoms with Gasteiger partial charge in [-0.15, -0.1) is 0 Å². The molecule has 5 aromatic rings. The van der Waals surface area contributed by atoms with E-state index in [4.69, 9.17) is 47.1 Å². The Hall–Kier alpha value is -4.77. The van der Waals surface area contributed by atoms with Crippen LogP contribution < -0.4 is 29.1 Å². The van der Waals surface area contributed by atoms with E-state index in [1.54, 1.807) is 49.8 Å². The van der Waals surface area contributed by atoms with E-state index in [9.17, 15) is 9.59 Å². The number of aryl methyl sites for hydroxylation is 1. The van der Waals surface area contributed by atoms with Crippen molar-refractivity contribution < 1.29 is 23.7 Å². The van der Waals surface area contributed by atoms with Gasteiger partial charge in [0.05, 0.1) is 41.7 Å². The maximum absolute atomic E-state index is 14.3. The first-order valence-electron chi connectivity index (χ1n) is 16.8. The number of carbonyl (C=O) groups excluding carboxylic acids is 1. The molecule has 52 heavy (non-hydrogen) atoms. The summed E-state index contributed by atoms with van der Waals surface area (Å²) in [5.74, 6) is 1.22. The zero-order valence-corrected chi connectivity index (χ0v) is 32.3. The van der Waals surface area contributed by atoms with Crippen molar-refractivity contribution in [3.8, 4) is 22.9 Å². The molecule has 0 N–H and O–H groups in total. The molecule has 12 heteroatoms. The van der Waals surface area contributed by atoms with Gasteiger partial charge >= 0.3 is 5.97 Å². The Labute approximate surface area is 316 Å². The molecule has 6 rings (SSSR count). The van der Waals surface area contributed by atoms with Crippen LogP contribution in [0.4, 0.5) is 0 Å². The van der Waals surface area contributed by atoms with Crippen molar-refractivity contribution in [1.29, 1.82) is 0 Å². The molecule has 0 saturated carbocycles. The number of aromatic nitrogens is 2. The molecular formula is C40H39Cl2N3O6S. The largest absolute Gasteiger partial charge is 0.493 e. The van der Waals surface area contributed by atoms with Crippen LogP contribution >= 0.6 is 34.5 Å². The summed E-state index contributed by atoms with van der Waals surface area (Å²) in [6.45, 7) is 11.9. The molecule has 0 bridgehead atoms. The van der Waals surface area contributed by atoms with E-state index < -0.39 is 12.0 Å². The molecule has 1 atom stereocenters. The van der Waals surface area contributed by atoms with Crippen LogP contribution in [-0.2, 0) is 16.1 Å². The summed E-state index contributed by atoms with van der Waals surface area (Å²) in [5.41, 5.74) is 5.80. The van der Waals surface area contributed by atoms with Crippen LogP contribution in [-0.4, -0.2) is 34.9 Å². The molecule has 0 aliphatic carbocycles. The third-order valence-corrected chi connectivity index (χ3v) is 10.2. The molecule has 0 saturated heterocycles. The number of thiazole rings is 1. The molecule has 0 amide bonds. The van der Waals surface area contributed by atoms with Crippen molar-refractivity contribution >= 4 is 46.6 Å². The molecule has 2 aromatic heterocycles. The molecule has 9 nitrogen and oxygen atoms in total. The lowest BCUT2D eigenvalue weighted by atomic mass is 9.95. The Morgan fingerprint density at radius 2 is 1.75 bits per heavy atom. The second-order valence-electron chi connectivity index (χ2n) is 12.6. The number of fused-ring (bicyclic) bond motifs is 1. The zero-order valence-electron chi connectivity index (χ0n) is 30.0. The van der Waals surface area contributed by atoms with Gasteiger partial charge in [0.15, 0.2) is 16.3 Å². The number of benzene rings is 3. The van der Waals surface area contributed by atoms with Gasteiger partial charge in [0, 0.05) is 32.7 Å². The number of ether oxygens (including phenoxy) is 4. The topological polar surface area (TPSA) is 93.3 Å². The Bertz CT molecular complexity index is 2370. The Morgan fingerprint density at radius 3 is 2.42 bits per heavy atom. The van der Waals surface area contributed by atoms with Crippen molar-refractivity contribution in [1.82, 2.24) is 9.13 Å². The van der Waals surface area contributed by atoms with Crippen LogP contribution in [0.3, 0.4) is 0 Å². The minimum atomic E-state index is -0.789. The third kappa shape index (κ3) is 7.42. The molecule has 0 unspecified atom stereocenters. The van der Waals surface area contributed by atoms with Crippen molar-refractivity contribution in [3.63, 3.8) is 0 Å². The lowest BCUT2D eigenvalue weighted by Crippen LogP contribution is -2.40. The standard InChI is InChI=1S/C40H39Cl2N3O6S/c1-8-49-39(47)36-24(5)43-40-45(37(36)26-10-16-33(51-22(2)3)34(18-26)48-7)38(46)35(52-40)19-28-17-23(4)44(25(28)6)30-12-14-31(15-13-30)50-21-27-9-11-29(41)20-32(27)42/h9-20,22,37H,8,21H2,1-7H3/b35-19+/t37-/m1/s1. The van der Waals surface area contributed by atoms with Gasteiger partial charge in [-0.1, -0.05) is 46.7 Å². The molecule has 3 aromatic carbocycles. The van der Waals surface area contributed by atoms with Gasteiger partial charge in [-0.3, -0.25) is 9.36 Å². The summed E-state index contributed by atoms with van der Waals surface area (Å²) >= 11 is 13.6. The summed E-state index contributed by atoms with van der Waals surface area (Å²) in [5, 5.41) is 1.13. The van der Waals surface area contributed by atoms with Gasteiger partial charge in [0.25, 0.3) is 5.56 Å². The fraction of sp³-hybridized carbons (Fsp3) is 0.275. The minimum Gasteiger partial charge on any atom is -0.493 e. The number of hydrogen-bond acceptors (Lipinski definition) is 8. The van der Waals surface area contributed by atoms with Crippen LogP contribution in [0.25, 0.3) is 11.8 Å². The van der Waals surface area contributed by atoms with Gasteiger partial charge in [-0.25, -0.2) is 9.79 Å². The molecule has 270 valence electrons. The minimum absolute atomic E-state index is 0.0733. The predicted octanol–water partition coefficient (Wildman–Crippen LogP) is 7.89. The monoisotopic (exact) mass is 759 g/mol. The number of rotatable bonds is 11. The van der Waals surface area contributed by atoms with Crippen molar-refractivity contribution in [2.45, 2.75) is 60.3 Å². The van der Waals surface area contributed by atoms with Gasteiger partial charge in [0.2, 0.25) is 0 Å². The number of allylic oxidation sites excluding steroid dienone is 1. The van der Waals surface area contributed by atoms with E-state index in [1.807, 2.05) is 76.2 Å². The van der Waals surface area contributed by atoms with Gasteiger partial charge < -0.3 is 23.5 Å². The Balaban J connectivity index is 1.36. The Kier molecular flexibility index (Phi) is 11.0. The fourth-order valence-corrected chi connectivity index (χ4v) is 7.78. The lowest BCUT2D eigenvalue weighted by molar-refractivity contribution is -0.139. The summed E-state index contributed by atoms with van der Waals surface area (Å²) in [7, 11) is 1.56. The highest BCUT2D eigenvalue weighted by atomic mass is 35.5. The summed E-state index contributed by atoms with van der Waals surface area (Å²) in [4.78, 5) is 32.9. The van der Waals surface area contributed by atoms with E-state index in [1.165, 1.54) is 11.3 Å². The maximum atomic E-state index is 14.3. The summed E-state index contributed by atoms with van der Waals surface area (Å²) in [6, 6.07) is 19.8. The highest BCUT2D eigenvalue weighted by molar-refractivity contribution is 7.07. The van der Waals surface area contributed by atoms with Crippen molar-refractivity contribution in [2.24, 2.45) is 4.99 Å². The van der Waals surface area contributed by atoms with Crippen LogP contribution in [0.2, 0.25) is 10.0 Å². The lowest BCUT2D eigenvalue weighted by Gasteiger charge is -2.25. The van der Waals surface area contributed by atoms with E-state index in [0.29, 0.717) is 60.1 Å². The van der Waals surface area contributed by atoms with Gasteiger partial charge in [-0.05, 0) is 113 Å². The molecule has 0 fully saturated rings. The number of nitrogens with zero attached hydrogens (tertiary/aromatic N) is 3. The van der Waals surface area contributed by atoms with Crippen LogP contribution in [0.15, 0.2) is 87.8 Å². The molecule has 0 spiro atoms. The van der Waals surface area contributed by atoms with Crippen molar-refractivity contribution in [2.75, 3.05) is 13.7 Å².